The van der Waals surface area contributed by atoms with Crippen molar-refractivity contribution in [3.05, 3.63) is 216 Å². The minimum atomic E-state index is -0.224. The number of fused-ring (bicyclic) bond motifs is 9. The zero-order chi connectivity index (χ0) is 39.2. The second kappa shape index (κ2) is 12.9. The van der Waals surface area contributed by atoms with Crippen LogP contribution in [-0.4, -0.2) is 15.0 Å². The normalized spacial score (nSPS) is 16.9. The van der Waals surface area contributed by atoms with Gasteiger partial charge in [-0.1, -0.05) is 147 Å². The number of benzene rings is 8. The lowest BCUT2D eigenvalue weighted by molar-refractivity contribution is 0.409. The van der Waals surface area contributed by atoms with Crippen molar-refractivity contribution in [2.24, 2.45) is 4.99 Å². The van der Waals surface area contributed by atoms with Gasteiger partial charge in [-0.05, 0) is 88.0 Å². The standard InChI is InChI=1S/C54H41N5/c1-54(2)45-22-12-9-19-39(45)42-32-44-41-21-11-14-24-48(41)59(50(44)33-46(42)54)38-29-30-49-43(31-38)40-20-10-13-23-47(40)58(49)37-27-25-36(26-28-37)53-56-51(34-15-5-3-6-16-34)55-52(57-53)35-17-7-4-8-18-35/h3-33,51,53,56H,1-2H3,(H,55,57). The summed E-state index contributed by atoms with van der Waals surface area (Å²) in [5.41, 5.74) is 15.8. The number of hydrogen-bond acceptors (Lipinski definition) is 3. The first-order chi connectivity index (χ1) is 29.0. The molecule has 2 unspecified atom stereocenters. The monoisotopic (exact) mass is 759 g/mol. The molecule has 282 valence electrons. The minimum absolute atomic E-state index is 0.0849. The van der Waals surface area contributed by atoms with Crippen LogP contribution in [-0.2, 0) is 5.41 Å². The molecular formula is C54H41N5. The van der Waals surface area contributed by atoms with Crippen LogP contribution in [0.1, 0.15) is 54.0 Å². The number of nitrogens with one attached hydrogen (secondary N) is 2. The molecule has 59 heavy (non-hydrogen) atoms. The molecule has 3 heterocycles. The van der Waals surface area contributed by atoms with Gasteiger partial charge in [-0.3, -0.25) is 5.32 Å². The smallest absolute Gasteiger partial charge is 0.131 e. The molecular weight excluding hydrogens is 719 g/mol. The molecule has 2 N–H and O–H groups in total. The molecule has 5 heteroatoms. The van der Waals surface area contributed by atoms with Crippen molar-refractivity contribution in [3.63, 3.8) is 0 Å². The lowest BCUT2D eigenvalue weighted by Gasteiger charge is -2.32. The summed E-state index contributed by atoms with van der Waals surface area (Å²) in [7, 11) is 0. The molecule has 12 rings (SSSR count). The fourth-order valence-electron chi connectivity index (χ4n) is 9.91. The van der Waals surface area contributed by atoms with Gasteiger partial charge in [-0.25, -0.2) is 4.99 Å². The third-order valence-electron chi connectivity index (χ3n) is 12.8. The number of nitrogens with zero attached hydrogens (tertiary/aromatic N) is 3. The zero-order valence-corrected chi connectivity index (χ0v) is 32.9. The summed E-state index contributed by atoms with van der Waals surface area (Å²) in [6.07, 6.45) is -0.308. The quantitative estimate of drug-likeness (QED) is 0.184. The molecule has 0 bridgehead atoms. The fraction of sp³-hybridized carbons (Fsp3) is 0.0926. The summed E-state index contributed by atoms with van der Waals surface area (Å²) in [6.45, 7) is 4.73. The van der Waals surface area contributed by atoms with Crippen LogP contribution < -0.4 is 10.6 Å². The molecule has 0 amide bonds. The highest BCUT2D eigenvalue weighted by atomic mass is 15.3. The van der Waals surface area contributed by atoms with Crippen molar-refractivity contribution >= 4 is 49.4 Å². The van der Waals surface area contributed by atoms with E-state index in [2.05, 4.69) is 216 Å². The second-order valence-electron chi connectivity index (χ2n) is 16.5. The Bertz CT molecular complexity index is 3300. The van der Waals surface area contributed by atoms with Gasteiger partial charge in [-0.2, -0.15) is 0 Å². The van der Waals surface area contributed by atoms with E-state index >= 15 is 0 Å². The third kappa shape index (κ3) is 5.18. The number of rotatable bonds is 5. The van der Waals surface area contributed by atoms with Gasteiger partial charge in [0.05, 0.1) is 22.1 Å². The van der Waals surface area contributed by atoms with Crippen LogP contribution >= 0.6 is 0 Å². The molecule has 1 aliphatic heterocycles. The van der Waals surface area contributed by atoms with Gasteiger partial charge in [0, 0.05) is 43.9 Å². The highest BCUT2D eigenvalue weighted by Crippen LogP contribution is 2.51. The summed E-state index contributed by atoms with van der Waals surface area (Å²) in [5.74, 6) is 0.881. The first kappa shape index (κ1) is 33.9. The van der Waals surface area contributed by atoms with E-state index in [0.29, 0.717) is 0 Å². The maximum absolute atomic E-state index is 5.19. The van der Waals surface area contributed by atoms with Gasteiger partial charge < -0.3 is 14.5 Å². The number of para-hydroxylation sites is 2. The molecule has 0 saturated heterocycles. The Balaban J connectivity index is 0.973. The Hall–Kier alpha value is -7.21. The average Bonchev–Trinajstić information content (AvgIpc) is 3.88. The third-order valence-corrected chi connectivity index (χ3v) is 12.8. The topological polar surface area (TPSA) is 46.3 Å². The summed E-state index contributed by atoms with van der Waals surface area (Å²) < 4.78 is 4.88. The first-order valence-corrected chi connectivity index (χ1v) is 20.5. The number of aliphatic imine (C=N–C) groups is 1. The second-order valence-corrected chi connectivity index (χ2v) is 16.5. The van der Waals surface area contributed by atoms with Crippen molar-refractivity contribution in [3.8, 4) is 22.5 Å². The van der Waals surface area contributed by atoms with Gasteiger partial charge in [0.15, 0.2) is 0 Å². The average molecular weight is 760 g/mol. The number of amidine groups is 1. The summed E-state index contributed by atoms with van der Waals surface area (Å²) in [5, 5.41) is 12.4. The van der Waals surface area contributed by atoms with Crippen LogP contribution in [0.25, 0.3) is 66.1 Å². The molecule has 0 radical (unpaired) electrons. The Labute approximate surface area is 342 Å². The molecule has 2 atom stereocenters. The molecule has 2 aliphatic rings. The van der Waals surface area contributed by atoms with Gasteiger partial charge in [0.1, 0.15) is 18.2 Å². The summed E-state index contributed by atoms with van der Waals surface area (Å²) in [4.78, 5) is 5.19. The van der Waals surface area contributed by atoms with Gasteiger partial charge >= 0.3 is 0 Å². The SMILES string of the molecule is CC1(C)c2ccccc2-c2cc3c4ccccc4n(-c4ccc5c(c4)c4ccccc4n5-c4ccc(C5N=C(c6ccccc6)NC(c6ccccc6)N5)cc4)c3cc21. The van der Waals surface area contributed by atoms with E-state index < -0.39 is 0 Å². The highest BCUT2D eigenvalue weighted by molar-refractivity contribution is 6.13. The van der Waals surface area contributed by atoms with E-state index in [1.165, 1.54) is 71.4 Å². The van der Waals surface area contributed by atoms with E-state index in [1.807, 2.05) is 6.07 Å². The van der Waals surface area contributed by atoms with E-state index in [-0.39, 0.29) is 17.7 Å². The number of hydrogen-bond donors (Lipinski definition) is 2. The Morgan fingerprint density at radius 1 is 0.458 bits per heavy atom. The summed E-state index contributed by atoms with van der Waals surface area (Å²) in [6, 6.07) is 68.3. The molecule has 0 fully saturated rings. The van der Waals surface area contributed by atoms with Gasteiger partial charge in [0.25, 0.3) is 0 Å². The minimum Gasteiger partial charge on any atom is -0.350 e. The molecule has 0 spiro atoms. The summed E-state index contributed by atoms with van der Waals surface area (Å²) >= 11 is 0. The molecule has 2 aromatic heterocycles. The van der Waals surface area contributed by atoms with Crippen LogP contribution in [0.5, 0.6) is 0 Å². The van der Waals surface area contributed by atoms with E-state index in [0.717, 1.165) is 28.3 Å². The van der Waals surface area contributed by atoms with Crippen LogP contribution in [0.2, 0.25) is 0 Å². The molecule has 10 aromatic rings. The lowest BCUT2D eigenvalue weighted by atomic mass is 9.82. The highest BCUT2D eigenvalue weighted by Gasteiger charge is 2.36. The first-order valence-electron chi connectivity index (χ1n) is 20.5. The Kier molecular flexibility index (Phi) is 7.41. The van der Waals surface area contributed by atoms with Crippen LogP contribution in [0.15, 0.2) is 193 Å². The predicted molar refractivity (Wildman–Crippen MR) is 244 cm³/mol. The Morgan fingerprint density at radius 2 is 1.05 bits per heavy atom. The number of aromatic nitrogens is 2. The molecule has 5 nitrogen and oxygen atoms in total. The molecule has 1 aliphatic carbocycles. The van der Waals surface area contributed by atoms with Crippen molar-refractivity contribution in [2.75, 3.05) is 0 Å². The predicted octanol–water partition coefficient (Wildman–Crippen LogP) is 12.5. The van der Waals surface area contributed by atoms with Crippen LogP contribution in [0.3, 0.4) is 0 Å². The Morgan fingerprint density at radius 3 is 1.80 bits per heavy atom. The maximum atomic E-state index is 5.19. The van der Waals surface area contributed by atoms with Crippen molar-refractivity contribution in [1.82, 2.24) is 19.8 Å². The molecule has 8 aromatic carbocycles. The van der Waals surface area contributed by atoms with Crippen LogP contribution in [0, 0.1) is 0 Å². The zero-order valence-electron chi connectivity index (χ0n) is 32.9. The van der Waals surface area contributed by atoms with Crippen molar-refractivity contribution < 1.29 is 0 Å². The van der Waals surface area contributed by atoms with E-state index in [1.54, 1.807) is 0 Å². The lowest BCUT2D eigenvalue weighted by Crippen LogP contribution is -2.44. The maximum Gasteiger partial charge on any atom is 0.131 e. The van der Waals surface area contributed by atoms with Gasteiger partial charge in [0.2, 0.25) is 0 Å². The van der Waals surface area contributed by atoms with Crippen molar-refractivity contribution in [2.45, 2.75) is 31.6 Å². The largest absolute Gasteiger partial charge is 0.350 e. The van der Waals surface area contributed by atoms with E-state index in [4.69, 9.17) is 4.99 Å². The fourth-order valence-corrected chi connectivity index (χ4v) is 9.91. The van der Waals surface area contributed by atoms with Gasteiger partial charge in [-0.15, -0.1) is 0 Å². The van der Waals surface area contributed by atoms with Crippen molar-refractivity contribution in [1.29, 1.82) is 0 Å². The molecule has 0 saturated carbocycles. The van der Waals surface area contributed by atoms with Crippen LogP contribution in [0.4, 0.5) is 0 Å². The van der Waals surface area contributed by atoms with E-state index in [9.17, 15) is 0 Å².